The molecule has 0 aliphatic carbocycles. The summed E-state index contributed by atoms with van der Waals surface area (Å²) in [6, 6.07) is 7.90. The summed E-state index contributed by atoms with van der Waals surface area (Å²) in [6.07, 6.45) is 2.43. The molecule has 0 bridgehead atoms. The van der Waals surface area contributed by atoms with Gasteiger partial charge in [-0.25, -0.2) is 4.98 Å². The number of hydrogen-bond acceptors (Lipinski definition) is 3. The minimum Gasteiger partial charge on any atom is -0.497 e. The largest absolute Gasteiger partial charge is 0.497 e. The summed E-state index contributed by atoms with van der Waals surface area (Å²) in [5.74, 6) is 2.43. The molecule has 3 heteroatoms. The number of ether oxygens (including phenoxy) is 1. The lowest BCUT2D eigenvalue weighted by molar-refractivity contribution is 0.414. The summed E-state index contributed by atoms with van der Waals surface area (Å²) in [5.41, 5.74) is 1.14. The number of aryl methyl sites for hydroxylation is 1. The van der Waals surface area contributed by atoms with Gasteiger partial charge in [0.2, 0.25) is 0 Å². The van der Waals surface area contributed by atoms with Crippen molar-refractivity contribution in [1.82, 2.24) is 4.98 Å². The first kappa shape index (κ1) is 9.77. The van der Waals surface area contributed by atoms with Crippen molar-refractivity contribution in [3.8, 4) is 5.75 Å². The highest BCUT2D eigenvalue weighted by atomic mass is 16.5. The van der Waals surface area contributed by atoms with E-state index in [0.717, 1.165) is 23.0 Å². The molecular formula is C12H13NO2. The average Bonchev–Trinajstić information content (AvgIpc) is 2.64. The van der Waals surface area contributed by atoms with E-state index in [0.29, 0.717) is 6.42 Å². The van der Waals surface area contributed by atoms with Gasteiger partial charge in [-0.1, -0.05) is 12.1 Å². The van der Waals surface area contributed by atoms with Crippen molar-refractivity contribution in [1.29, 1.82) is 0 Å². The van der Waals surface area contributed by atoms with Crippen LogP contribution in [0.4, 0.5) is 0 Å². The minimum atomic E-state index is 0.699. The molecule has 0 atom stereocenters. The maximum atomic E-state index is 5.41. The van der Waals surface area contributed by atoms with E-state index >= 15 is 0 Å². The number of nitrogens with zero attached hydrogens (tertiary/aromatic N) is 1. The molecule has 0 amide bonds. The number of methoxy groups -OCH3 is 1. The molecule has 0 radical (unpaired) electrons. The summed E-state index contributed by atoms with van der Waals surface area (Å²) >= 11 is 0. The molecule has 2 rings (SSSR count). The molecule has 2 aromatic rings. The predicted octanol–water partition coefficient (Wildman–Crippen LogP) is 2.58. The fourth-order valence-electron chi connectivity index (χ4n) is 1.44. The highest BCUT2D eigenvalue weighted by Crippen LogP contribution is 2.15. The van der Waals surface area contributed by atoms with E-state index in [2.05, 4.69) is 4.98 Å². The van der Waals surface area contributed by atoms with Crippen LogP contribution in [-0.4, -0.2) is 12.1 Å². The van der Waals surface area contributed by atoms with E-state index in [1.807, 2.05) is 31.2 Å². The first-order valence-electron chi connectivity index (χ1n) is 4.82. The van der Waals surface area contributed by atoms with Gasteiger partial charge in [-0.05, 0) is 24.6 Å². The molecular weight excluding hydrogens is 190 g/mol. The predicted molar refractivity (Wildman–Crippen MR) is 57.0 cm³/mol. The van der Waals surface area contributed by atoms with E-state index < -0.39 is 0 Å². The van der Waals surface area contributed by atoms with E-state index in [1.54, 1.807) is 13.3 Å². The third-order valence-electron chi connectivity index (χ3n) is 2.16. The van der Waals surface area contributed by atoms with Crippen molar-refractivity contribution < 1.29 is 9.15 Å². The van der Waals surface area contributed by atoms with Gasteiger partial charge >= 0.3 is 0 Å². The summed E-state index contributed by atoms with van der Waals surface area (Å²) in [5, 5.41) is 0. The fraction of sp³-hybridized carbons (Fsp3) is 0.250. The van der Waals surface area contributed by atoms with E-state index in [-0.39, 0.29) is 0 Å². The third kappa shape index (κ3) is 2.37. The number of benzene rings is 1. The third-order valence-corrected chi connectivity index (χ3v) is 2.16. The van der Waals surface area contributed by atoms with Crippen LogP contribution in [0.15, 0.2) is 34.9 Å². The van der Waals surface area contributed by atoms with Gasteiger partial charge in [-0.15, -0.1) is 0 Å². The topological polar surface area (TPSA) is 35.3 Å². The molecule has 0 aliphatic rings. The van der Waals surface area contributed by atoms with Crippen molar-refractivity contribution in [2.75, 3.05) is 7.11 Å². The van der Waals surface area contributed by atoms with Gasteiger partial charge in [0.1, 0.15) is 11.5 Å². The molecule has 1 aromatic carbocycles. The van der Waals surface area contributed by atoms with Crippen molar-refractivity contribution >= 4 is 0 Å². The van der Waals surface area contributed by atoms with Crippen molar-refractivity contribution in [3.05, 3.63) is 47.7 Å². The van der Waals surface area contributed by atoms with Gasteiger partial charge in [0, 0.05) is 6.42 Å². The molecule has 1 heterocycles. The lowest BCUT2D eigenvalue weighted by Crippen LogP contribution is -1.89. The van der Waals surface area contributed by atoms with Crippen LogP contribution >= 0.6 is 0 Å². The number of aromatic nitrogens is 1. The highest BCUT2D eigenvalue weighted by Gasteiger charge is 2.03. The van der Waals surface area contributed by atoms with Gasteiger partial charge in [-0.3, -0.25) is 0 Å². The monoisotopic (exact) mass is 203 g/mol. The molecule has 0 aliphatic heterocycles. The Morgan fingerprint density at radius 1 is 1.40 bits per heavy atom. The zero-order valence-corrected chi connectivity index (χ0v) is 8.86. The highest BCUT2D eigenvalue weighted by molar-refractivity contribution is 5.29. The van der Waals surface area contributed by atoms with Gasteiger partial charge < -0.3 is 9.15 Å². The Kier molecular flexibility index (Phi) is 2.72. The van der Waals surface area contributed by atoms with Gasteiger partial charge in [0.15, 0.2) is 5.89 Å². The van der Waals surface area contributed by atoms with Gasteiger partial charge in [-0.2, -0.15) is 0 Å². The maximum absolute atomic E-state index is 5.41. The molecule has 0 fully saturated rings. The van der Waals surface area contributed by atoms with Crippen molar-refractivity contribution in [2.45, 2.75) is 13.3 Å². The lowest BCUT2D eigenvalue weighted by atomic mass is 10.1. The molecule has 0 unspecified atom stereocenters. The van der Waals surface area contributed by atoms with Crippen molar-refractivity contribution in [3.63, 3.8) is 0 Å². The lowest BCUT2D eigenvalue weighted by Gasteiger charge is -2.01. The Balaban J connectivity index is 2.16. The summed E-state index contributed by atoms with van der Waals surface area (Å²) in [4.78, 5) is 4.16. The smallest absolute Gasteiger partial charge is 0.198 e. The molecule has 0 saturated carbocycles. The summed E-state index contributed by atoms with van der Waals surface area (Å²) in [7, 11) is 1.66. The van der Waals surface area contributed by atoms with Crippen LogP contribution in [0.1, 0.15) is 17.2 Å². The Labute approximate surface area is 88.7 Å². The van der Waals surface area contributed by atoms with E-state index in [9.17, 15) is 0 Å². The molecule has 3 nitrogen and oxygen atoms in total. The van der Waals surface area contributed by atoms with Crippen LogP contribution in [0.3, 0.4) is 0 Å². The maximum Gasteiger partial charge on any atom is 0.198 e. The van der Waals surface area contributed by atoms with Crippen LogP contribution < -0.4 is 4.74 Å². The summed E-state index contributed by atoms with van der Waals surface area (Å²) in [6.45, 7) is 1.89. The normalized spacial score (nSPS) is 10.3. The Bertz CT molecular complexity index is 448. The van der Waals surface area contributed by atoms with E-state index in [1.165, 1.54) is 0 Å². The number of oxazole rings is 1. The Hall–Kier alpha value is -1.77. The first-order chi connectivity index (χ1) is 7.28. The van der Waals surface area contributed by atoms with Crippen LogP contribution in [-0.2, 0) is 6.42 Å². The molecule has 1 aromatic heterocycles. The Morgan fingerprint density at radius 3 is 2.93 bits per heavy atom. The molecule has 0 saturated heterocycles. The van der Waals surface area contributed by atoms with Crippen molar-refractivity contribution in [2.24, 2.45) is 0 Å². The molecule has 0 spiro atoms. The zero-order valence-electron chi connectivity index (χ0n) is 8.86. The number of hydrogen-bond donors (Lipinski definition) is 0. The quantitative estimate of drug-likeness (QED) is 0.769. The second-order valence-electron chi connectivity index (χ2n) is 3.39. The molecule has 0 N–H and O–H groups in total. The van der Waals surface area contributed by atoms with Crippen LogP contribution in [0.2, 0.25) is 0 Å². The van der Waals surface area contributed by atoms with Gasteiger partial charge in [0.25, 0.3) is 0 Å². The van der Waals surface area contributed by atoms with Crippen LogP contribution in [0.25, 0.3) is 0 Å². The SMILES string of the molecule is COc1cccc(Cc2ncc(C)o2)c1. The first-order valence-corrected chi connectivity index (χ1v) is 4.82. The van der Waals surface area contributed by atoms with E-state index in [4.69, 9.17) is 9.15 Å². The fourth-order valence-corrected chi connectivity index (χ4v) is 1.44. The molecule has 78 valence electrons. The second-order valence-corrected chi connectivity index (χ2v) is 3.39. The minimum absolute atomic E-state index is 0.699. The second kappa shape index (κ2) is 4.17. The van der Waals surface area contributed by atoms with Crippen LogP contribution in [0, 0.1) is 6.92 Å². The van der Waals surface area contributed by atoms with Gasteiger partial charge in [0.05, 0.1) is 13.3 Å². The molecule has 15 heavy (non-hydrogen) atoms. The Morgan fingerprint density at radius 2 is 2.27 bits per heavy atom. The summed E-state index contributed by atoms with van der Waals surface area (Å²) < 4.78 is 10.6. The number of rotatable bonds is 3. The zero-order chi connectivity index (χ0) is 10.7. The average molecular weight is 203 g/mol. The standard InChI is InChI=1S/C12H13NO2/c1-9-8-13-12(15-9)7-10-4-3-5-11(6-10)14-2/h3-6,8H,7H2,1-2H3. The van der Waals surface area contributed by atoms with Crippen LogP contribution in [0.5, 0.6) is 5.75 Å².